The van der Waals surface area contributed by atoms with Crippen molar-refractivity contribution in [2.24, 2.45) is 12.2 Å². The van der Waals surface area contributed by atoms with Crippen molar-refractivity contribution in [2.45, 2.75) is 22.6 Å². The van der Waals surface area contributed by atoms with E-state index in [-0.39, 0.29) is 22.8 Å². The highest BCUT2D eigenvalue weighted by Crippen LogP contribution is 2.42. The van der Waals surface area contributed by atoms with Gasteiger partial charge < -0.3 is 15.5 Å². The third-order valence-corrected chi connectivity index (χ3v) is 7.81. The highest BCUT2D eigenvalue weighted by Gasteiger charge is 2.54. The first-order chi connectivity index (χ1) is 17.1. The molecular formula is C18H16N8O8S2. The third-order valence-electron chi connectivity index (χ3n) is 5.37. The Labute approximate surface area is 209 Å². The van der Waals surface area contributed by atoms with Crippen LogP contribution in [0.15, 0.2) is 39.8 Å². The Morgan fingerprint density at radius 3 is 2.81 bits per heavy atom. The molecule has 16 nitrogen and oxygen atoms in total. The van der Waals surface area contributed by atoms with Crippen molar-refractivity contribution in [2.75, 3.05) is 11.5 Å². The fourth-order valence-electron chi connectivity index (χ4n) is 3.64. The van der Waals surface area contributed by atoms with Gasteiger partial charge in [-0.3, -0.25) is 24.6 Å². The molecule has 3 atom stereocenters. The predicted octanol–water partition coefficient (Wildman–Crippen LogP) is 0.162. The number of carbonyl (C=O) groups excluding carboxylic acids is 2. The number of nitro groups is 1. The number of tetrazole rings is 1. The summed E-state index contributed by atoms with van der Waals surface area (Å²) in [7, 11) is 1.63. The maximum absolute atomic E-state index is 12.8. The molecule has 4 rings (SSSR count). The lowest BCUT2D eigenvalue weighted by molar-refractivity contribution is -0.385. The number of nitrogens with zero attached hydrogens (tertiary/aromatic N) is 7. The number of phenols is 1. The quantitative estimate of drug-likeness (QED) is 0.128. The first kappa shape index (κ1) is 25.0. The number of carboxylic acids is 1. The van der Waals surface area contributed by atoms with Gasteiger partial charge in [0.25, 0.3) is 11.8 Å². The second-order valence-corrected chi connectivity index (χ2v) is 9.59. The summed E-state index contributed by atoms with van der Waals surface area (Å²) in [5.41, 5.74) is -0.605. The van der Waals surface area contributed by atoms with Gasteiger partial charge in [0.15, 0.2) is 11.8 Å². The van der Waals surface area contributed by atoms with Gasteiger partial charge in [0.1, 0.15) is 17.1 Å². The summed E-state index contributed by atoms with van der Waals surface area (Å²) in [5.74, 6) is -3.20. The smallest absolute Gasteiger partial charge is 0.352 e. The second-order valence-electron chi connectivity index (χ2n) is 7.54. The Hall–Kier alpha value is -4.06. The molecule has 36 heavy (non-hydrogen) atoms. The number of aromatic hydroxyl groups is 1. The number of amides is 2. The lowest BCUT2D eigenvalue weighted by atomic mass is 10.0. The molecule has 0 bridgehead atoms. The fourth-order valence-corrected chi connectivity index (χ4v) is 5.97. The molecule has 2 aliphatic heterocycles. The molecule has 0 radical (unpaired) electrons. The normalized spacial score (nSPS) is 19.8. The largest absolute Gasteiger partial charge is 0.502 e. The zero-order valence-corrected chi connectivity index (χ0v) is 19.8. The molecule has 2 aliphatic rings. The SMILES string of the molecule is Cn1nnnc1SCC1=C(C(=O)O)N2C(=O)C(NC(=O)C(N=O)c3ccc(O)c([N+](=O)[O-])c3)[C@@H]2SC1. The summed E-state index contributed by atoms with van der Waals surface area (Å²) in [6.07, 6.45) is 0. The Morgan fingerprint density at radius 1 is 1.44 bits per heavy atom. The number of phenolic OH excluding ortho intramolecular Hbond substituents is 1. The first-order valence-corrected chi connectivity index (χ1v) is 12.0. The average molecular weight is 537 g/mol. The first-order valence-electron chi connectivity index (χ1n) is 9.99. The maximum atomic E-state index is 12.8. The average Bonchev–Trinajstić information content (AvgIpc) is 3.26. The van der Waals surface area contributed by atoms with E-state index in [9.17, 15) is 39.6 Å². The minimum atomic E-state index is -1.74. The van der Waals surface area contributed by atoms with Crippen molar-refractivity contribution in [1.82, 2.24) is 30.4 Å². The van der Waals surface area contributed by atoms with Gasteiger partial charge >= 0.3 is 11.7 Å². The molecule has 2 unspecified atom stereocenters. The Balaban J connectivity index is 1.49. The molecule has 2 aromatic rings. The monoisotopic (exact) mass is 536 g/mol. The molecule has 0 spiro atoms. The number of aryl methyl sites for hydroxylation is 1. The van der Waals surface area contributed by atoms with Crippen LogP contribution < -0.4 is 5.32 Å². The highest BCUT2D eigenvalue weighted by molar-refractivity contribution is 8.01. The van der Waals surface area contributed by atoms with Crippen LogP contribution in [0.3, 0.4) is 0 Å². The minimum absolute atomic E-state index is 0.157. The zero-order valence-electron chi connectivity index (χ0n) is 18.2. The molecular weight excluding hydrogens is 520 g/mol. The van der Waals surface area contributed by atoms with Crippen LogP contribution in [0.25, 0.3) is 0 Å². The molecule has 1 saturated heterocycles. The molecule has 2 amide bonds. The lowest BCUT2D eigenvalue weighted by Gasteiger charge is -2.49. The number of fused-ring (bicyclic) bond motifs is 1. The van der Waals surface area contributed by atoms with Crippen molar-refractivity contribution >= 4 is 47.0 Å². The summed E-state index contributed by atoms with van der Waals surface area (Å²) in [4.78, 5) is 60.2. The molecule has 18 heteroatoms. The van der Waals surface area contributed by atoms with E-state index in [0.717, 1.165) is 23.1 Å². The molecule has 3 N–H and O–H groups in total. The molecule has 0 aliphatic carbocycles. The van der Waals surface area contributed by atoms with Crippen molar-refractivity contribution in [3.8, 4) is 5.75 Å². The van der Waals surface area contributed by atoms with Gasteiger partial charge in [-0.1, -0.05) is 23.0 Å². The Bertz CT molecular complexity index is 1310. The van der Waals surface area contributed by atoms with Crippen LogP contribution in [-0.4, -0.2) is 80.9 Å². The van der Waals surface area contributed by atoms with Crippen LogP contribution in [0.2, 0.25) is 0 Å². The van der Waals surface area contributed by atoms with E-state index < -0.39 is 51.6 Å². The van der Waals surface area contributed by atoms with Crippen molar-refractivity contribution in [1.29, 1.82) is 0 Å². The Kier molecular flexibility index (Phi) is 6.88. The Morgan fingerprint density at radius 2 is 2.19 bits per heavy atom. The van der Waals surface area contributed by atoms with E-state index in [0.29, 0.717) is 10.7 Å². The van der Waals surface area contributed by atoms with Gasteiger partial charge in [-0.15, -0.1) is 21.8 Å². The predicted molar refractivity (Wildman–Crippen MR) is 123 cm³/mol. The molecule has 1 aromatic heterocycles. The number of carboxylic acid groups (broad SMARTS) is 1. The van der Waals surface area contributed by atoms with Crippen LogP contribution in [-0.2, 0) is 21.4 Å². The maximum Gasteiger partial charge on any atom is 0.352 e. The number of nitroso groups, excluding NO2 is 1. The summed E-state index contributed by atoms with van der Waals surface area (Å²) >= 11 is 2.43. The van der Waals surface area contributed by atoms with Gasteiger partial charge in [-0.2, -0.15) is 0 Å². The van der Waals surface area contributed by atoms with Gasteiger partial charge in [0.2, 0.25) is 5.16 Å². The van der Waals surface area contributed by atoms with Gasteiger partial charge in [0, 0.05) is 24.6 Å². The summed E-state index contributed by atoms with van der Waals surface area (Å²) < 4.78 is 1.42. The van der Waals surface area contributed by atoms with Crippen molar-refractivity contribution in [3.05, 3.63) is 50.1 Å². The molecule has 188 valence electrons. The summed E-state index contributed by atoms with van der Waals surface area (Å²) in [5, 5.41) is 46.3. The van der Waals surface area contributed by atoms with Gasteiger partial charge in [-0.05, 0) is 27.6 Å². The van der Waals surface area contributed by atoms with Crippen LogP contribution in [0.4, 0.5) is 5.69 Å². The van der Waals surface area contributed by atoms with E-state index >= 15 is 0 Å². The van der Waals surface area contributed by atoms with E-state index in [4.69, 9.17) is 0 Å². The molecule has 0 saturated carbocycles. The number of nitrogens with one attached hydrogen (secondary N) is 1. The van der Waals surface area contributed by atoms with E-state index in [2.05, 4.69) is 26.0 Å². The van der Waals surface area contributed by atoms with E-state index in [1.54, 1.807) is 7.05 Å². The minimum Gasteiger partial charge on any atom is -0.502 e. The summed E-state index contributed by atoms with van der Waals surface area (Å²) in [6, 6.07) is 0.0476. The molecule has 1 aromatic carbocycles. The third kappa shape index (κ3) is 4.47. The standard InChI is InChI=1S/C18H16N8O8S2/c1-24-18(20-22-23-24)36-6-8-5-35-16-12(15(29)25(16)13(8)17(30)31)19-14(28)11(21-32)7-2-3-10(27)9(4-7)26(33)34/h2-4,11-12,16,27H,5-6H2,1H3,(H,19,28)(H,30,31)/t11?,12?,16-/m0/s1. The van der Waals surface area contributed by atoms with Crippen LogP contribution in [0.1, 0.15) is 11.6 Å². The highest BCUT2D eigenvalue weighted by atomic mass is 32.2. The number of benzene rings is 1. The number of carbonyl (C=O) groups is 3. The van der Waals surface area contributed by atoms with Crippen LogP contribution in [0.5, 0.6) is 5.75 Å². The number of β-lactam (4-membered cyclic amide) rings is 1. The topological polar surface area (TPSA) is 223 Å². The number of thioether (sulfide) groups is 2. The number of aliphatic carboxylic acids is 1. The zero-order chi connectivity index (χ0) is 26.1. The van der Waals surface area contributed by atoms with E-state index in [1.807, 2.05) is 0 Å². The number of aromatic nitrogens is 4. The lowest BCUT2D eigenvalue weighted by Crippen LogP contribution is -2.70. The number of hydrogen-bond acceptors (Lipinski definition) is 13. The number of rotatable bonds is 9. The fraction of sp³-hybridized carbons (Fsp3) is 0.333. The number of nitro benzene ring substituents is 1. The summed E-state index contributed by atoms with van der Waals surface area (Å²) in [6.45, 7) is 0. The van der Waals surface area contributed by atoms with Crippen molar-refractivity contribution < 1.29 is 29.5 Å². The second kappa shape index (κ2) is 9.90. The van der Waals surface area contributed by atoms with Crippen LogP contribution >= 0.6 is 23.5 Å². The van der Waals surface area contributed by atoms with Gasteiger partial charge in [-0.25, -0.2) is 9.48 Å². The van der Waals surface area contributed by atoms with E-state index in [1.165, 1.54) is 28.2 Å². The van der Waals surface area contributed by atoms with Crippen LogP contribution in [0, 0.1) is 15.0 Å². The number of hydrogen-bond donors (Lipinski definition) is 3. The van der Waals surface area contributed by atoms with Gasteiger partial charge in [0.05, 0.1) is 4.92 Å². The van der Waals surface area contributed by atoms with Crippen molar-refractivity contribution in [3.63, 3.8) is 0 Å². The molecule has 3 heterocycles. The molecule has 1 fully saturated rings.